The fourth-order valence-electron chi connectivity index (χ4n) is 2.49. The van der Waals surface area contributed by atoms with Crippen LogP contribution in [0.5, 0.6) is 5.75 Å². The van der Waals surface area contributed by atoms with Crippen molar-refractivity contribution in [3.63, 3.8) is 0 Å². The van der Waals surface area contributed by atoms with E-state index in [1.165, 1.54) is 23.3 Å². The topological polar surface area (TPSA) is 55.7 Å². The summed E-state index contributed by atoms with van der Waals surface area (Å²) < 4.78 is 30.7. The summed E-state index contributed by atoms with van der Waals surface area (Å²) in [6, 6.07) is 17.7. The zero-order valence-corrected chi connectivity index (χ0v) is 18.2. The molecule has 0 spiro atoms. The number of aryl methyl sites for hydroxylation is 3. The predicted molar refractivity (Wildman–Crippen MR) is 116 cm³/mol. The van der Waals surface area contributed by atoms with Crippen molar-refractivity contribution < 1.29 is 12.6 Å². The Bertz CT molecular complexity index is 1140. The predicted octanol–water partition coefficient (Wildman–Crippen LogP) is 5.89. The van der Waals surface area contributed by atoms with Gasteiger partial charge in [0.2, 0.25) is 0 Å². The van der Waals surface area contributed by atoms with Crippen LogP contribution in [0.15, 0.2) is 75.0 Å². The number of hydrogen-bond acceptors (Lipinski definition) is 4. The fraction of sp³-hybridized carbons (Fsp3) is 0.136. The minimum Gasteiger partial charge on any atom is -0.378 e. The summed E-state index contributed by atoms with van der Waals surface area (Å²) in [5.74, 6) is 0.226. The molecule has 144 valence electrons. The van der Waals surface area contributed by atoms with E-state index < -0.39 is 10.1 Å². The second-order valence-electron chi connectivity index (χ2n) is 6.57. The smallest absolute Gasteiger partial charge is 0.339 e. The summed E-state index contributed by atoms with van der Waals surface area (Å²) in [5.41, 5.74) is 5.07. The van der Waals surface area contributed by atoms with Crippen molar-refractivity contribution in [1.82, 2.24) is 0 Å². The van der Waals surface area contributed by atoms with E-state index in [1.807, 2.05) is 32.0 Å². The molecule has 28 heavy (non-hydrogen) atoms. The molecule has 0 bridgehead atoms. The molecule has 3 rings (SSSR count). The number of halogens is 1. The molecule has 0 fully saturated rings. The zero-order valence-electron chi connectivity index (χ0n) is 15.8. The quantitative estimate of drug-likeness (QED) is 0.354. The van der Waals surface area contributed by atoms with Crippen molar-refractivity contribution >= 4 is 38.0 Å². The molecule has 0 N–H and O–H groups in total. The molecule has 0 aliphatic rings. The van der Waals surface area contributed by atoms with Gasteiger partial charge in [-0.15, -0.1) is 0 Å². The van der Waals surface area contributed by atoms with Crippen LogP contribution < -0.4 is 4.18 Å². The lowest BCUT2D eigenvalue weighted by atomic mass is 10.1. The largest absolute Gasteiger partial charge is 0.378 e. The molecule has 0 saturated heterocycles. The molecule has 0 aliphatic carbocycles. The molecule has 0 heterocycles. The van der Waals surface area contributed by atoms with Gasteiger partial charge in [-0.2, -0.15) is 8.42 Å². The van der Waals surface area contributed by atoms with Gasteiger partial charge in [-0.1, -0.05) is 23.8 Å². The lowest BCUT2D eigenvalue weighted by Crippen LogP contribution is -2.10. The van der Waals surface area contributed by atoms with Crippen LogP contribution in [-0.4, -0.2) is 14.6 Å². The summed E-state index contributed by atoms with van der Waals surface area (Å²) in [7, 11) is -3.89. The molecule has 3 aromatic carbocycles. The van der Waals surface area contributed by atoms with Crippen molar-refractivity contribution in [3.05, 3.63) is 87.4 Å². The highest BCUT2D eigenvalue weighted by Gasteiger charge is 2.18. The molecule has 0 amide bonds. The van der Waals surface area contributed by atoms with E-state index >= 15 is 0 Å². The Kier molecular flexibility index (Phi) is 6.01. The van der Waals surface area contributed by atoms with Gasteiger partial charge in [-0.25, -0.2) is 0 Å². The highest BCUT2D eigenvalue weighted by molar-refractivity contribution is 9.10. The Morgan fingerprint density at radius 3 is 2.25 bits per heavy atom. The van der Waals surface area contributed by atoms with E-state index in [4.69, 9.17) is 4.18 Å². The first-order valence-corrected chi connectivity index (χ1v) is 10.9. The van der Waals surface area contributed by atoms with Crippen LogP contribution >= 0.6 is 15.9 Å². The van der Waals surface area contributed by atoms with E-state index in [-0.39, 0.29) is 10.6 Å². The first-order chi connectivity index (χ1) is 13.2. The monoisotopic (exact) mass is 457 g/mol. The van der Waals surface area contributed by atoms with Gasteiger partial charge in [-0.05, 0) is 95.9 Å². The summed E-state index contributed by atoms with van der Waals surface area (Å²) >= 11 is 3.38. The Hall–Kier alpha value is -2.44. The molecular weight excluding hydrogens is 438 g/mol. The average molecular weight is 458 g/mol. The van der Waals surface area contributed by atoms with Crippen molar-refractivity contribution in [2.45, 2.75) is 25.7 Å². The zero-order chi connectivity index (χ0) is 20.3. The van der Waals surface area contributed by atoms with Crippen LogP contribution in [0.4, 0.5) is 5.69 Å². The molecule has 0 radical (unpaired) electrons. The van der Waals surface area contributed by atoms with Gasteiger partial charge in [-0.3, -0.25) is 4.99 Å². The second-order valence-corrected chi connectivity index (χ2v) is 8.97. The van der Waals surface area contributed by atoms with Gasteiger partial charge in [0, 0.05) is 6.21 Å². The summed E-state index contributed by atoms with van der Waals surface area (Å²) in [6.07, 6.45) is 1.73. The summed E-state index contributed by atoms with van der Waals surface area (Å²) in [4.78, 5) is 4.59. The third-order valence-electron chi connectivity index (χ3n) is 4.32. The molecular formula is C22H20BrNO3S. The van der Waals surface area contributed by atoms with Crippen molar-refractivity contribution in [2.24, 2.45) is 4.99 Å². The molecule has 0 aromatic heterocycles. The lowest BCUT2D eigenvalue weighted by molar-refractivity contribution is 0.484. The van der Waals surface area contributed by atoms with Crippen LogP contribution in [0.1, 0.15) is 22.3 Å². The van der Waals surface area contributed by atoms with Crippen LogP contribution in [0, 0.1) is 20.8 Å². The van der Waals surface area contributed by atoms with Crippen molar-refractivity contribution in [3.8, 4) is 5.75 Å². The van der Waals surface area contributed by atoms with E-state index in [1.54, 1.807) is 36.5 Å². The number of nitrogens with zero attached hydrogens (tertiary/aromatic N) is 1. The molecule has 0 unspecified atom stereocenters. The Balaban J connectivity index is 1.79. The van der Waals surface area contributed by atoms with Crippen LogP contribution in [0.2, 0.25) is 0 Å². The third-order valence-corrected chi connectivity index (χ3v) is 6.19. The summed E-state index contributed by atoms with van der Waals surface area (Å²) in [5, 5.41) is 0. The van der Waals surface area contributed by atoms with Crippen molar-refractivity contribution in [1.29, 1.82) is 0 Å². The van der Waals surface area contributed by atoms with Crippen LogP contribution in [-0.2, 0) is 10.1 Å². The van der Waals surface area contributed by atoms with Gasteiger partial charge in [0.15, 0.2) is 5.75 Å². The van der Waals surface area contributed by atoms with E-state index in [0.717, 1.165) is 16.8 Å². The molecule has 0 aliphatic heterocycles. The fourth-order valence-corrected chi connectivity index (χ4v) is 4.02. The first-order valence-electron chi connectivity index (χ1n) is 8.67. The molecule has 6 heteroatoms. The number of benzene rings is 3. The van der Waals surface area contributed by atoms with E-state index in [2.05, 4.69) is 27.8 Å². The third kappa shape index (κ3) is 4.88. The molecule has 0 saturated carbocycles. The SMILES string of the molecule is Cc1ccc(S(=O)(=O)Oc2ccc(C=Nc3ccc(C)c(C)c3)cc2Br)cc1. The normalized spacial score (nSPS) is 11.7. The van der Waals surface area contributed by atoms with Gasteiger partial charge < -0.3 is 4.18 Å². The van der Waals surface area contributed by atoms with Crippen LogP contribution in [0.3, 0.4) is 0 Å². The highest BCUT2D eigenvalue weighted by Crippen LogP contribution is 2.29. The van der Waals surface area contributed by atoms with E-state index in [0.29, 0.717) is 4.47 Å². The lowest BCUT2D eigenvalue weighted by Gasteiger charge is -2.09. The maximum atomic E-state index is 12.5. The average Bonchev–Trinajstić information content (AvgIpc) is 2.65. The summed E-state index contributed by atoms with van der Waals surface area (Å²) in [6.45, 7) is 6.00. The maximum absolute atomic E-state index is 12.5. The minimum atomic E-state index is -3.89. The molecule has 4 nitrogen and oxygen atoms in total. The highest BCUT2D eigenvalue weighted by atomic mass is 79.9. The van der Waals surface area contributed by atoms with Crippen molar-refractivity contribution in [2.75, 3.05) is 0 Å². The van der Waals surface area contributed by atoms with Gasteiger partial charge >= 0.3 is 10.1 Å². The Morgan fingerprint density at radius 1 is 0.893 bits per heavy atom. The van der Waals surface area contributed by atoms with Gasteiger partial charge in [0.1, 0.15) is 4.90 Å². The standard InChI is InChI=1S/C22H20BrNO3S/c1-15-4-9-20(10-5-15)28(25,26)27-22-11-7-18(13-21(22)23)14-24-19-8-6-16(2)17(3)12-19/h4-14H,1-3H3. The molecule has 3 aromatic rings. The number of rotatable bonds is 5. The van der Waals surface area contributed by atoms with Crippen LogP contribution in [0.25, 0.3) is 0 Å². The first kappa shape index (κ1) is 20.3. The second kappa shape index (κ2) is 8.29. The minimum absolute atomic E-state index is 0.116. The van der Waals surface area contributed by atoms with Gasteiger partial charge in [0.25, 0.3) is 0 Å². The number of hydrogen-bond donors (Lipinski definition) is 0. The maximum Gasteiger partial charge on any atom is 0.339 e. The van der Waals surface area contributed by atoms with Gasteiger partial charge in [0.05, 0.1) is 10.2 Å². The molecule has 0 atom stereocenters. The Morgan fingerprint density at radius 2 is 1.61 bits per heavy atom. The number of aliphatic imine (C=N–C) groups is 1. The van der Waals surface area contributed by atoms with E-state index in [9.17, 15) is 8.42 Å². The Labute approximate surface area is 174 Å².